The summed E-state index contributed by atoms with van der Waals surface area (Å²) in [6.07, 6.45) is 5.46. The van der Waals surface area contributed by atoms with E-state index < -0.39 is 17.7 Å². The lowest BCUT2D eigenvalue weighted by molar-refractivity contribution is 0.0375. The second-order valence-electron chi connectivity index (χ2n) is 13.5. The van der Waals surface area contributed by atoms with Crippen LogP contribution >= 0.6 is 0 Å². The van der Waals surface area contributed by atoms with E-state index in [1.165, 1.54) is 18.2 Å². The lowest BCUT2D eigenvalue weighted by Crippen LogP contribution is -2.56. The van der Waals surface area contributed by atoms with Crippen molar-refractivity contribution in [1.82, 2.24) is 19.8 Å². The van der Waals surface area contributed by atoms with Crippen LogP contribution in [0.5, 0.6) is 11.8 Å². The first-order chi connectivity index (χ1) is 22.3. The fourth-order valence-electron chi connectivity index (χ4n) is 8.64. The van der Waals surface area contributed by atoms with Crippen molar-refractivity contribution in [3.05, 3.63) is 54.1 Å². The maximum absolute atomic E-state index is 16.8. The highest BCUT2D eigenvalue weighted by molar-refractivity contribution is 6.01. The summed E-state index contributed by atoms with van der Waals surface area (Å²) in [4.78, 5) is 16.5. The van der Waals surface area contributed by atoms with Gasteiger partial charge in [0.05, 0.1) is 18.2 Å². The van der Waals surface area contributed by atoms with Gasteiger partial charge in [-0.3, -0.25) is 9.80 Å². The van der Waals surface area contributed by atoms with Gasteiger partial charge < -0.3 is 25.0 Å². The van der Waals surface area contributed by atoms with Gasteiger partial charge in [-0.1, -0.05) is 18.2 Å². The van der Waals surface area contributed by atoms with Crippen LogP contribution in [0.1, 0.15) is 38.5 Å². The first-order valence-corrected chi connectivity index (χ1v) is 16.4. The minimum absolute atomic E-state index is 0.0465. The molecule has 8 rings (SSSR count). The van der Waals surface area contributed by atoms with Gasteiger partial charge >= 0.3 is 6.01 Å². The Hall–Kier alpha value is -3.64. The van der Waals surface area contributed by atoms with E-state index in [1.54, 1.807) is 24.3 Å². The van der Waals surface area contributed by atoms with Gasteiger partial charge in [-0.05, 0) is 86.8 Å². The second-order valence-corrected chi connectivity index (χ2v) is 13.5. The predicted molar refractivity (Wildman–Crippen MR) is 171 cm³/mol. The van der Waals surface area contributed by atoms with Gasteiger partial charge in [0.1, 0.15) is 29.5 Å². The molecular weight excluding hydrogens is 592 g/mol. The third kappa shape index (κ3) is 4.95. The number of ether oxygens (including phenoxy) is 1. The molecule has 0 aliphatic carbocycles. The second kappa shape index (κ2) is 11.6. The number of halogens is 2. The van der Waals surface area contributed by atoms with Gasteiger partial charge in [0, 0.05) is 48.1 Å². The Labute approximate surface area is 266 Å². The quantitative estimate of drug-likeness (QED) is 0.260. The maximum atomic E-state index is 16.8. The van der Waals surface area contributed by atoms with Crippen molar-refractivity contribution in [2.75, 3.05) is 50.8 Å². The number of aliphatic hydroxyl groups excluding tert-OH is 2. The highest BCUT2D eigenvalue weighted by Gasteiger charge is 2.45. The number of phenols is 1. The molecule has 3 atom stereocenters. The van der Waals surface area contributed by atoms with Crippen LogP contribution in [0.2, 0.25) is 0 Å². The average Bonchev–Trinajstić information content (AvgIpc) is 3.69. The molecule has 242 valence electrons. The fourth-order valence-corrected chi connectivity index (χ4v) is 8.64. The van der Waals surface area contributed by atoms with Gasteiger partial charge in [0.2, 0.25) is 0 Å². The molecule has 0 amide bonds. The maximum Gasteiger partial charge on any atom is 0.319 e. The third-order valence-electron chi connectivity index (χ3n) is 10.8. The summed E-state index contributed by atoms with van der Waals surface area (Å²) in [5.74, 6) is -0.633. The minimum Gasteiger partial charge on any atom is -0.508 e. The van der Waals surface area contributed by atoms with Crippen molar-refractivity contribution in [3.63, 3.8) is 0 Å². The van der Waals surface area contributed by atoms with Crippen LogP contribution in [-0.2, 0) is 0 Å². The first kappa shape index (κ1) is 29.7. The minimum atomic E-state index is -0.800. The van der Waals surface area contributed by atoms with Gasteiger partial charge in [0.15, 0.2) is 5.82 Å². The van der Waals surface area contributed by atoms with Crippen molar-refractivity contribution in [1.29, 1.82) is 0 Å². The van der Waals surface area contributed by atoms with E-state index in [2.05, 4.69) is 19.7 Å². The molecule has 46 heavy (non-hydrogen) atoms. The molecule has 4 saturated heterocycles. The van der Waals surface area contributed by atoms with Crippen LogP contribution in [0.4, 0.5) is 14.6 Å². The molecule has 3 N–H and O–H groups in total. The van der Waals surface area contributed by atoms with E-state index in [9.17, 15) is 15.3 Å². The van der Waals surface area contributed by atoms with E-state index in [-0.39, 0.29) is 58.0 Å². The van der Waals surface area contributed by atoms with Crippen molar-refractivity contribution in [3.8, 4) is 22.9 Å². The van der Waals surface area contributed by atoms with Crippen molar-refractivity contribution in [2.24, 2.45) is 0 Å². The molecule has 5 heterocycles. The normalized spacial score (nSPS) is 23.4. The van der Waals surface area contributed by atoms with E-state index in [0.717, 1.165) is 51.6 Å². The molecule has 4 fully saturated rings. The molecule has 2 bridgehead atoms. The highest BCUT2D eigenvalue weighted by atomic mass is 19.1. The summed E-state index contributed by atoms with van der Waals surface area (Å²) >= 11 is 0. The number of aromatic nitrogens is 2. The number of benzene rings is 3. The Morgan fingerprint density at radius 1 is 0.978 bits per heavy atom. The van der Waals surface area contributed by atoms with E-state index in [0.29, 0.717) is 42.8 Å². The molecule has 3 aromatic carbocycles. The van der Waals surface area contributed by atoms with E-state index in [1.807, 2.05) is 0 Å². The SMILES string of the molecule is OC[C@H](O)CN1[C@@H]2CC[C@H]1CN(c1nc(OCC34CCCN3CCC4)nc3c(F)c(-c4cc(O)cc5cccc(F)c45)ccc13)C2. The Morgan fingerprint density at radius 2 is 1.74 bits per heavy atom. The third-order valence-corrected chi connectivity index (χ3v) is 10.8. The number of piperazine rings is 1. The summed E-state index contributed by atoms with van der Waals surface area (Å²) in [5.41, 5.74) is 0.418. The number of aliphatic hydroxyl groups is 2. The van der Waals surface area contributed by atoms with Crippen molar-refractivity contribution >= 4 is 27.5 Å². The lowest BCUT2D eigenvalue weighted by atomic mass is 9.95. The number of hydrogen-bond donors (Lipinski definition) is 3. The van der Waals surface area contributed by atoms with Crippen LogP contribution in [0.25, 0.3) is 32.8 Å². The lowest BCUT2D eigenvalue weighted by Gasteiger charge is -2.42. The van der Waals surface area contributed by atoms with E-state index >= 15 is 8.78 Å². The summed E-state index contributed by atoms with van der Waals surface area (Å²) in [7, 11) is 0. The molecule has 0 radical (unpaired) electrons. The first-order valence-electron chi connectivity index (χ1n) is 16.4. The van der Waals surface area contributed by atoms with Crippen LogP contribution in [-0.4, -0.2) is 105 Å². The molecule has 4 aliphatic rings. The van der Waals surface area contributed by atoms with Gasteiger partial charge in [0.25, 0.3) is 0 Å². The van der Waals surface area contributed by atoms with Crippen molar-refractivity contribution in [2.45, 2.75) is 62.3 Å². The molecule has 9 nitrogen and oxygen atoms in total. The largest absolute Gasteiger partial charge is 0.508 e. The van der Waals surface area contributed by atoms with Crippen LogP contribution in [0, 0.1) is 11.6 Å². The molecule has 11 heteroatoms. The topological polar surface area (TPSA) is 105 Å². The predicted octanol–water partition coefficient (Wildman–Crippen LogP) is 4.45. The highest BCUT2D eigenvalue weighted by Crippen LogP contribution is 2.42. The van der Waals surface area contributed by atoms with Crippen molar-refractivity contribution < 1.29 is 28.8 Å². The molecule has 0 spiro atoms. The summed E-state index contributed by atoms with van der Waals surface area (Å²) in [5, 5.41) is 31.3. The number of rotatable bonds is 8. The van der Waals surface area contributed by atoms with Crippen LogP contribution in [0.3, 0.4) is 0 Å². The number of phenolic OH excluding ortho intramolecular Hbond substituents is 1. The van der Waals surface area contributed by atoms with Gasteiger partial charge in [-0.25, -0.2) is 8.78 Å². The number of hydrogen-bond acceptors (Lipinski definition) is 9. The average molecular weight is 632 g/mol. The molecule has 4 aromatic rings. The monoisotopic (exact) mass is 631 g/mol. The van der Waals surface area contributed by atoms with E-state index in [4.69, 9.17) is 9.72 Å². The Kier molecular flexibility index (Phi) is 7.47. The number of nitrogens with zero attached hydrogens (tertiary/aromatic N) is 5. The van der Waals surface area contributed by atoms with Gasteiger partial charge in [-0.15, -0.1) is 0 Å². The van der Waals surface area contributed by atoms with Crippen LogP contribution < -0.4 is 9.64 Å². The summed E-state index contributed by atoms with van der Waals surface area (Å²) in [6, 6.07) is 11.3. The Balaban J connectivity index is 1.22. The fraction of sp³-hybridized carbons (Fsp3) is 0.486. The molecule has 0 saturated carbocycles. The molecular formula is C35H39F2N5O4. The van der Waals surface area contributed by atoms with Crippen LogP contribution in [0.15, 0.2) is 42.5 Å². The smallest absolute Gasteiger partial charge is 0.319 e. The number of fused-ring (bicyclic) bond motifs is 5. The molecule has 1 aromatic heterocycles. The Bertz CT molecular complexity index is 1780. The van der Waals surface area contributed by atoms with Gasteiger partial charge in [-0.2, -0.15) is 9.97 Å². The molecule has 0 unspecified atom stereocenters. The zero-order valence-corrected chi connectivity index (χ0v) is 25.7. The number of anilines is 1. The zero-order valence-electron chi connectivity index (χ0n) is 25.7. The number of aromatic hydroxyl groups is 1. The summed E-state index contributed by atoms with van der Waals surface area (Å²) in [6.45, 7) is 3.92. The summed E-state index contributed by atoms with van der Waals surface area (Å²) < 4.78 is 38.3. The Morgan fingerprint density at radius 3 is 2.48 bits per heavy atom. The standard InChI is InChI=1S/C35H39F2N5O4/c36-29-5-1-4-21-14-24(44)15-28(30(21)29)26-8-9-27-32(31(26)37)38-34(46-20-35-10-2-12-41(35)13-3-11-35)39-33(27)40-16-22-6-7-23(17-40)42(22)18-25(45)19-43/h1,4-5,8-9,14-15,22-23,25,43-45H,2-3,6-7,10-13,16-20H2/t22-,23+,25-/m1/s1. The zero-order chi connectivity index (χ0) is 31.6. The molecule has 4 aliphatic heterocycles.